The molecule has 19 heavy (non-hydrogen) atoms. The molecule has 3 N–H and O–H groups in total. The number of methoxy groups -OCH3 is 1. The van der Waals surface area contributed by atoms with Gasteiger partial charge in [-0.15, -0.1) is 10.1 Å². The van der Waals surface area contributed by atoms with Crippen LogP contribution in [0.25, 0.3) is 0 Å². The molecule has 10 heteroatoms. The van der Waals surface area contributed by atoms with Crippen LogP contribution in [0.1, 0.15) is 26.4 Å². The lowest BCUT2D eigenvalue weighted by atomic mass is 10.1. The maximum absolute atomic E-state index is 10.7. The molecule has 0 aliphatic heterocycles. The normalized spacial score (nSPS) is 9.11. The summed E-state index contributed by atoms with van der Waals surface area (Å²) in [6, 6.07) is 1.24. The van der Waals surface area contributed by atoms with Gasteiger partial charge < -0.3 is 20.2 Å². The molecular formula is C9H10N2O8. The summed E-state index contributed by atoms with van der Waals surface area (Å²) in [6.45, 7) is 0.188. The molecule has 0 saturated carbocycles. The molecule has 10 nitrogen and oxygen atoms in total. The van der Waals surface area contributed by atoms with Crippen molar-refractivity contribution in [1.82, 2.24) is 4.98 Å². The average Bonchev–Trinajstić information content (AvgIpc) is 2.28. The standard InChI is InChI=1S/C9H9NO5.HNO3/c1-15-4-5-2-6(8(11)12)7(9(13)14)10-3-5;2-1(3)4/h2-3H,4H2,1H3,(H,11,12)(H,13,14);(H,2,3,4). The molecule has 0 saturated heterocycles. The van der Waals surface area contributed by atoms with E-state index < -0.39 is 22.7 Å². The van der Waals surface area contributed by atoms with Gasteiger partial charge in [-0.25, -0.2) is 14.6 Å². The Morgan fingerprint density at radius 1 is 1.42 bits per heavy atom. The van der Waals surface area contributed by atoms with Gasteiger partial charge in [0.2, 0.25) is 0 Å². The zero-order valence-electron chi connectivity index (χ0n) is 9.64. The fourth-order valence-electron chi connectivity index (χ4n) is 1.09. The molecule has 0 aromatic carbocycles. The van der Waals surface area contributed by atoms with Crippen LogP contribution in [0.5, 0.6) is 0 Å². The topological polar surface area (TPSA) is 160 Å². The van der Waals surface area contributed by atoms with E-state index in [1.54, 1.807) is 0 Å². The second-order valence-corrected chi connectivity index (χ2v) is 3.02. The Bertz CT molecular complexity index is 483. The summed E-state index contributed by atoms with van der Waals surface area (Å²) in [5, 5.41) is 31.1. The van der Waals surface area contributed by atoms with E-state index in [9.17, 15) is 9.59 Å². The van der Waals surface area contributed by atoms with E-state index in [1.165, 1.54) is 19.4 Å². The van der Waals surface area contributed by atoms with Crippen LogP contribution in [-0.2, 0) is 11.3 Å². The third kappa shape index (κ3) is 5.93. The van der Waals surface area contributed by atoms with Gasteiger partial charge in [0.15, 0.2) is 5.69 Å². The predicted molar refractivity (Wildman–Crippen MR) is 57.6 cm³/mol. The van der Waals surface area contributed by atoms with E-state index in [0.717, 1.165) is 0 Å². The first kappa shape index (κ1) is 16.2. The number of rotatable bonds is 4. The SMILES string of the molecule is COCc1cnc(C(=O)O)c(C(=O)O)c1.O=[N+]([O-])O. The van der Waals surface area contributed by atoms with Crippen molar-refractivity contribution in [2.75, 3.05) is 7.11 Å². The van der Waals surface area contributed by atoms with Crippen LogP contribution in [0.4, 0.5) is 0 Å². The van der Waals surface area contributed by atoms with Gasteiger partial charge in [-0.1, -0.05) is 0 Å². The van der Waals surface area contributed by atoms with E-state index in [1.807, 2.05) is 0 Å². The molecule has 0 spiro atoms. The summed E-state index contributed by atoms with van der Waals surface area (Å²) in [5.74, 6) is -2.69. The molecule has 0 amide bonds. The number of ether oxygens (including phenoxy) is 1. The average molecular weight is 274 g/mol. The van der Waals surface area contributed by atoms with Gasteiger partial charge in [-0.3, -0.25) is 0 Å². The summed E-state index contributed by atoms with van der Waals surface area (Å²) >= 11 is 0. The van der Waals surface area contributed by atoms with Gasteiger partial charge in [-0.2, -0.15) is 0 Å². The van der Waals surface area contributed by atoms with Gasteiger partial charge in [0.1, 0.15) is 0 Å². The van der Waals surface area contributed by atoms with Crippen LogP contribution in [0.2, 0.25) is 0 Å². The first-order valence-corrected chi connectivity index (χ1v) is 4.57. The molecule has 1 rings (SSSR count). The number of carboxylic acid groups (broad SMARTS) is 2. The smallest absolute Gasteiger partial charge is 0.355 e. The van der Waals surface area contributed by atoms with Crippen molar-refractivity contribution in [3.8, 4) is 0 Å². The number of hydrogen-bond donors (Lipinski definition) is 3. The molecule has 0 bridgehead atoms. The van der Waals surface area contributed by atoms with Crippen LogP contribution >= 0.6 is 0 Å². The van der Waals surface area contributed by atoms with Crippen molar-refractivity contribution in [2.24, 2.45) is 0 Å². The predicted octanol–water partition coefficient (Wildman–Crippen LogP) is 0.277. The van der Waals surface area contributed by atoms with E-state index in [-0.39, 0.29) is 12.2 Å². The zero-order chi connectivity index (χ0) is 15.0. The number of hydrogen-bond acceptors (Lipinski definition) is 6. The Morgan fingerprint density at radius 2 is 1.95 bits per heavy atom. The number of aromatic carboxylic acids is 2. The zero-order valence-corrected chi connectivity index (χ0v) is 9.64. The maximum atomic E-state index is 10.7. The van der Waals surface area contributed by atoms with E-state index >= 15 is 0 Å². The molecule has 1 aromatic rings. The Balaban J connectivity index is 0.000000711. The Labute approximate surface area is 106 Å². The van der Waals surface area contributed by atoms with Gasteiger partial charge in [0.05, 0.1) is 12.2 Å². The maximum Gasteiger partial charge on any atom is 0.355 e. The molecule has 0 atom stereocenters. The van der Waals surface area contributed by atoms with Crippen LogP contribution in [-0.4, -0.2) is 44.5 Å². The number of carbonyl (C=O) groups is 2. The van der Waals surface area contributed by atoms with Gasteiger partial charge >= 0.3 is 11.9 Å². The van der Waals surface area contributed by atoms with Crippen LogP contribution in [0.3, 0.4) is 0 Å². The second kappa shape index (κ2) is 7.55. The number of aromatic nitrogens is 1. The van der Waals surface area contributed by atoms with E-state index in [4.69, 9.17) is 30.3 Å². The fraction of sp³-hybridized carbons (Fsp3) is 0.222. The summed E-state index contributed by atoms with van der Waals surface area (Å²) in [7, 11) is 1.45. The van der Waals surface area contributed by atoms with Crippen molar-refractivity contribution in [2.45, 2.75) is 6.61 Å². The van der Waals surface area contributed by atoms with Crippen molar-refractivity contribution >= 4 is 11.9 Å². The summed E-state index contributed by atoms with van der Waals surface area (Å²) in [5.41, 5.74) is -0.292. The van der Waals surface area contributed by atoms with Gasteiger partial charge in [-0.05, 0) is 11.6 Å². The second-order valence-electron chi connectivity index (χ2n) is 3.02. The van der Waals surface area contributed by atoms with E-state index in [2.05, 4.69) is 4.98 Å². The van der Waals surface area contributed by atoms with Crippen molar-refractivity contribution in [3.63, 3.8) is 0 Å². The number of nitrogens with zero attached hydrogens (tertiary/aromatic N) is 2. The van der Waals surface area contributed by atoms with Crippen LogP contribution in [0.15, 0.2) is 12.3 Å². The summed E-state index contributed by atoms with van der Waals surface area (Å²) in [6.07, 6.45) is 1.28. The van der Waals surface area contributed by atoms with Crippen molar-refractivity contribution in [1.29, 1.82) is 0 Å². The van der Waals surface area contributed by atoms with E-state index in [0.29, 0.717) is 5.56 Å². The van der Waals surface area contributed by atoms with Gasteiger partial charge in [0.25, 0.3) is 5.09 Å². The van der Waals surface area contributed by atoms with Gasteiger partial charge in [0, 0.05) is 13.3 Å². The first-order chi connectivity index (χ1) is 8.79. The highest BCUT2D eigenvalue weighted by atomic mass is 16.9. The summed E-state index contributed by atoms with van der Waals surface area (Å²) < 4.78 is 4.78. The fourth-order valence-corrected chi connectivity index (χ4v) is 1.09. The Hall–Kier alpha value is -2.75. The molecule has 0 aliphatic carbocycles. The highest BCUT2D eigenvalue weighted by Gasteiger charge is 2.17. The molecule has 1 heterocycles. The Kier molecular flexibility index (Phi) is 6.46. The molecule has 104 valence electrons. The number of carboxylic acids is 2. The van der Waals surface area contributed by atoms with Crippen molar-refractivity contribution in [3.05, 3.63) is 39.2 Å². The quantitative estimate of drug-likeness (QED) is 0.517. The lowest BCUT2D eigenvalue weighted by molar-refractivity contribution is -0.742. The first-order valence-electron chi connectivity index (χ1n) is 4.57. The molecule has 1 aromatic heterocycles. The Morgan fingerprint density at radius 3 is 2.32 bits per heavy atom. The summed E-state index contributed by atoms with van der Waals surface area (Å²) in [4.78, 5) is 33.3. The molecular weight excluding hydrogens is 264 g/mol. The minimum Gasteiger partial charge on any atom is -0.478 e. The van der Waals surface area contributed by atoms with Crippen molar-refractivity contribution < 1.29 is 34.8 Å². The van der Waals surface area contributed by atoms with Crippen LogP contribution < -0.4 is 0 Å². The van der Waals surface area contributed by atoms with Crippen LogP contribution in [0, 0.1) is 10.1 Å². The molecule has 0 unspecified atom stereocenters. The minimum atomic E-state index is -1.50. The highest BCUT2D eigenvalue weighted by molar-refractivity contribution is 6.00. The minimum absolute atomic E-state index is 0.188. The molecule has 0 radical (unpaired) electrons. The highest BCUT2D eigenvalue weighted by Crippen LogP contribution is 2.10. The number of pyridine rings is 1. The third-order valence-electron chi connectivity index (χ3n) is 1.69. The largest absolute Gasteiger partial charge is 0.478 e. The molecule has 0 aliphatic rings. The lowest BCUT2D eigenvalue weighted by Crippen LogP contribution is -2.11. The monoisotopic (exact) mass is 274 g/mol. The molecule has 0 fully saturated rings. The third-order valence-corrected chi connectivity index (χ3v) is 1.69. The lowest BCUT2D eigenvalue weighted by Gasteiger charge is -2.03.